The van der Waals surface area contributed by atoms with E-state index < -0.39 is 34.7 Å². The van der Waals surface area contributed by atoms with E-state index in [1.807, 2.05) is 39.8 Å². The summed E-state index contributed by atoms with van der Waals surface area (Å²) in [5, 5.41) is 17.6. The van der Waals surface area contributed by atoms with Crippen molar-refractivity contribution in [2.75, 3.05) is 19.6 Å². The fourth-order valence-corrected chi connectivity index (χ4v) is 4.52. The highest BCUT2D eigenvalue weighted by Crippen LogP contribution is 2.46. The summed E-state index contributed by atoms with van der Waals surface area (Å²) in [6.45, 7) is 13.1. The first-order chi connectivity index (χ1) is 15.6. The number of hydrogen-bond donors (Lipinski definition) is 3. The largest absolute Gasteiger partial charge is 0.458 e. The Balaban J connectivity index is 2.08. The van der Waals surface area contributed by atoms with Crippen molar-refractivity contribution in [3.8, 4) is 0 Å². The Morgan fingerprint density at radius 2 is 1.79 bits per heavy atom. The van der Waals surface area contributed by atoms with Crippen LogP contribution in [-0.4, -0.2) is 59.2 Å². The Kier molecular flexibility index (Phi) is 8.64. The molecule has 0 bridgehead atoms. The lowest BCUT2D eigenvalue weighted by Gasteiger charge is -2.51. The van der Waals surface area contributed by atoms with Gasteiger partial charge >= 0.3 is 12.0 Å². The van der Waals surface area contributed by atoms with E-state index in [4.69, 9.17) is 16.3 Å². The second-order valence-electron chi connectivity index (χ2n) is 10.7. The Bertz CT molecular complexity index is 900. The number of esters is 1. The summed E-state index contributed by atoms with van der Waals surface area (Å²) in [4.78, 5) is 38.9. The van der Waals surface area contributed by atoms with Crippen molar-refractivity contribution in [2.45, 2.75) is 72.1 Å². The van der Waals surface area contributed by atoms with Crippen molar-refractivity contribution < 1.29 is 24.2 Å². The number of nitrogens with one attached hydrogen (secondary N) is 2. The fourth-order valence-electron chi connectivity index (χ4n) is 4.39. The van der Waals surface area contributed by atoms with Gasteiger partial charge in [-0.25, -0.2) is 4.79 Å². The van der Waals surface area contributed by atoms with Gasteiger partial charge < -0.3 is 25.4 Å². The van der Waals surface area contributed by atoms with E-state index in [0.717, 1.165) is 5.56 Å². The SMILES string of the molecule is CC(=O)OC(C)(C)CNC(=O)NC(C(=O)N1CC[C@](O)(c2ccc(Cl)cc2)C(C)(C)C1)C(C)C. The van der Waals surface area contributed by atoms with Gasteiger partial charge in [-0.05, 0) is 43.9 Å². The number of nitrogens with zero attached hydrogens (tertiary/aromatic N) is 1. The number of benzene rings is 1. The molecule has 9 heteroatoms. The topological polar surface area (TPSA) is 108 Å². The first-order valence-electron chi connectivity index (χ1n) is 11.6. The highest BCUT2D eigenvalue weighted by Gasteiger charge is 2.50. The highest BCUT2D eigenvalue weighted by atomic mass is 35.5. The number of carbonyl (C=O) groups is 3. The minimum absolute atomic E-state index is 0.0995. The molecule has 2 atom stereocenters. The summed E-state index contributed by atoms with van der Waals surface area (Å²) in [6, 6.07) is 5.89. The second kappa shape index (κ2) is 10.5. The molecule has 1 heterocycles. The number of halogens is 1. The molecule has 1 fully saturated rings. The molecular formula is C25H38ClN3O5. The Morgan fingerprint density at radius 3 is 2.29 bits per heavy atom. The van der Waals surface area contributed by atoms with Crippen LogP contribution in [-0.2, 0) is 19.9 Å². The van der Waals surface area contributed by atoms with Crippen LogP contribution in [0, 0.1) is 11.3 Å². The van der Waals surface area contributed by atoms with Gasteiger partial charge in [-0.1, -0.05) is 51.4 Å². The van der Waals surface area contributed by atoms with E-state index >= 15 is 0 Å². The van der Waals surface area contributed by atoms with E-state index in [1.165, 1.54) is 6.92 Å². The summed E-state index contributed by atoms with van der Waals surface area (Å²) in [7, 11) is 0. The number of likely N-dealkylation sites (tertiary alicyclic amines) is 1. The van der Waals surface area contributed by atoms with Gasteiger partial charge in [0.15, 0.2) is 0 Å². The molecule has 1 aliphatic rings. The van der Waals surface area contributed by atoms with Crippen LogP contribution < -0.4 is 10.6 Å². The summed E-state index contributed by atoms with van der Waals surface area (Å²) in [5.74, 6) is -0.788. The molecule has 1 aliphatic heterocycles. The molecule has 0 aromatic heterocycles. The first kappa shape index (κ1) is 27.9. The van der Waals surface area contributed by atoms with E-state index in [0.29, 0.717) is 24.5 Å². The average Bonchev–Trinajstić information content (AvgIpc) is 2.71. The third-order valence-corrected chi connectivity index (χ3v) is 6.65. The molecule has 8 nitrogen and oxygen atoms in total. The molecule has 190 valence electrons. The Morgan fingerprint density at radius 1 is 1.21 bits per heavy atom. The number of aliphatic hydroxyl groups is 1. The molecule has 0 radical (unpaired) electrons. The third kappa shape index (κ3) is 6.63. The fraction of sp³-hybridized carbons (Fsp3) is 0.640. The van der Waals surface area contributed by atoms with Crippen LogP contribution in [0.15, 0.2) is 24.3 Å². The van der Waals surface area contributed by atoms with E-state index in [-0.39, 0.29) is 18.4 Å². The number of urea groups is 1. The Labute approximate surface area is 207 Å². The van der Waals surface area contributed by atoms with Gasteiger partial charge in [0, 0.05) is 30.5 Å². The lowest BCUT2D eigenvalue weighted by atomic mass is 9.66. The van der Waals surface area contributed by atoms with Crippen molar-refractivity contribution in [2.24, 2.45) is 11.3 Å². The maximum absolute atomic E-state index is 13.4. The maximum atomic E-state index is 13.4. The molecule has 3 amide bonds. The van der Waals surface area contributed by atoms with E-state index in [2.05, 4.69) is 10.6 Å². The molecule has 34 heavy (non-hydrogen) atoms. The number of amides is 3. The molecule has 0 spiro atoms. The quantitative estimate of drug-likeness (QED) is 0.502. The average molecular weight is 496 g/mol. The lowest BCUT2D eigenvalue weighted by Crippen LogP contribution is -2.61. The number of carbonyl (C=O) groups excluding carboxylic acids is 3. The third-order valence-electron chi connectivity index (χ3n) is 6.40. The Hall–Kier alpha value is -2.32. The molecule has 0 saturated carbocycles. The smallest absolute Gasteiger partial charge is 0.315 e. The zero-order valence-corrected chi connectivity index (χ0v) is 22.0. The van der Waals surface area contributed by atoms with Crippen molar-refractivity contribution in [3.05, 3.63) is 34.9 Å². The van der Waals surface area contributed by atoms with E-state index in [9.17, 15) is 19.5 Å². The molecule has 1 aromatic carbocycles. The summed E-state index contributed by atoms with van der Waals surface area (Å²) in [5.41, 5.74) is -1.85. The standard InChI is InChI=1S/C25H38ClN3O5/c1-16(2)20(28-22(32)27-14-24(6,7)34-17(3)30)21(31)29-13-12-25(33,23(4,5)15-29)18-8-10-19(26)11-9-18/h8-11,16,20,33H,12-15H2,1-7H3,(H2,27,28,32)/t20?,25-/m0/s1. The molecule has 3 N–H and O–H groups in total. The molecular weight excluding hydrogens is 458 g/mol. The number of hydrogen-bond acceptors (Lipinski definition) is 5. The van der Waals surface area contributed by atoms with Crippen molar-refractivity contribution in [3.63, 3.8) is 0 Å². The van der Waals surface area contributed by atoms with Crippen LogP contribution in [0.2, 0.25) is 5.02 Å². The van der Waals surface area contributed by atoms with E-state index in [1.54, 1.807) is 30.9 Å². The minimum Gasteiger partial charge on any atom is -0.458 e. The summed E-state index contributed by atoms with van der Waals surface area (Å²) in [6.07, 6.45) is 0.362. The van der Waals surface area contributed by atoms with Gasteiger partial charge in [0.05, 0.1) is 12.1 Å². The van der Waals surface area contributed by atoms with Gasteiger partial charge in [0.25, 0.3) is 0 Å². The maximum Gasteiger partial charge on any atom is 0.315 e. The molecule has 1 saturated heterocycles. The normalized spacial score (nSPS) is 21.1. The predicted molar refractivity (Wildman–Crippen MR) is 131 cm³/mol. The van der Waals surface area contributed by atoms with Crippen molar-refractivity contribution >= 4 is 29.5 Å². The van der Waals surface area contributed by atoms with Gasteiger partial charge in [-0.2, -0.15) is 0 Å². The minimum atomic E-state index is -1.12. The second-order valence-corrected chi connectivity index (χ2v) is 11.1. The molecule has 1 aromatic rings. The lowest BCUT2D eigenvalue weighted by molar-refractivity contribution is -0.155. The summed E-state index contributed by atoms with van der Waals surface area (Å²) >= 11 is 6.01. The van der Waals surface area contributed by atoms with Crippen LogP contribution in [0.3, 0.4) is 0 Å². The van der Waals surface area contributed by atoms with Crippen molar-refractivity contribution in [1.29, 1.82) is 0 Å². The van der Waals surface area contributed by atoms with Gasteiger partial charge in [0.1, 0.15) is 11.6 Å². The van der Waals surface area contributed by atoms with Crippen LogP contribution in [0.1, 0.15) is 60.5 Å². The summed E-state index contributed by atoms with van der Waals surface area (Å²) < 4.78 is 5.18. The number of rotatable bonds is 7. The number of ether oxygens (including phenoxy) is 1. The molecule has 0 aliphatic carbocycles. The van der Waals surface area contributed by atoms with Crippen LogP contribution in [0.25, 0.3) is 0 Å². The number of piperidine rings is 1. The van der Waals surface area contributed by atoms with Crippen LogP contribution in [0.5, 0.6) is 0 Å². The predicted octanol–water partition coefficient (Wildman–Crippen LogP) is 3.45. The molecule has 1 unspecified atom stereocenters. The van der Waals surface area contributed by atoms with Gasteiger partial charge in [0.2, 0.25) is 5.91 Å². The first-order valence-corrected chi connectivity index (χ1v) is 12.0. The zero-order chi connectivity index (χ0) is 25.9. The zero-order valence-electron chi connectivity index (χ0n) is 21.2. The highest BCUT2D eigenvalue weighted by molar-refractivity contribution is 6.30. The van der Waals surface area contributed by atoms with Crippen LogP contribution in [0.4, 0.5) is 4.79 Å². The monoisotopic (exact) mass is 495 g/mol. The molecule has 2 rings (SSSR count). The van der Waals surface area contributed by atoms with Crippen LogP contribution >= 0.6 is 11.6 Å². The van der Waals surface area contributed by atoms with Crippen molar-refractivity contribution in [1.82, 2.24) is 15.5 Å². The van der Waals surface area contributed by atoms with Gasteiger partial charge in [-0.15, -0.1) is 0 Å². The van der Waals surface area contributed by atoms with Gasteiger partial charge in [-0.3, -0.25) is 9.59 Å².